The van der Waals surface area contributed by atoms with Crippen LogP contribution in [0.5, 0.6) is 5.75 Å². The van der Waals surface area contributed by atoms with Gasteiger partial charge in [0, 0.05) is 12.6 Å². The zero-order valence-electron chi connectivity index (χ0n) is 13.5. The lowest BCUT2D eigenvalue weighted by atomic mass is 10.2. The highest BCUT2D eigenvalue weighted by atomic mass is 35.5. The number of methoxy groups -OCH3 is 1. The fraction of sp³-hybridized carbons (Fsp3) is 0.111. The second kappa shape index (κ2) is 6.49. The van der Waals surface area contributed by atoms with Crippen molar-refractivity contribution in [1.82, 2.24) is 20.2 Å². The number of halogens is 1. The summed E-state index contributed by atoms with van der Waals surface area (Å²) in [5, 5.41) is 11.1. The smallest absolute Gasteiger partial charge is 0.156 e. The predicted molar refractivity (Wildman–Crippen MR) is 99.0 cm³/mol. The van der Waals surface area contributed by atoms with E-state index in [1.54, 1.807) is 7.11 Å². The number of para-hydroxylation sites is 2. The van der Waals surface area contributed by atoms with Gasteiger partial charge in [-0.05, 0) is 29.8 Å². The van der Waals surface area contributed by atoms with Crippen molar-refractivity contribution in [3.63, 3.8) is 0 Å². The van der Waals surface area contributed by atoms with Crippen molar-refractivity contribution in [2.75, 3.05) is 12.4 Å². The molecule has 0 aliphatic rings. The number of imidazole rings is 1. The minimum absolute atomic E-state index is 0.590. The van der Waals surface area contributed by atoms with E-state index in [-0.39, 0.29) is 0 Å². The van der Waals surface area contributed by atoms with E-state index in [1.807, 2.05) is 48.5 Å². The first-order valence-corrected chi connectivity index (χ1v) is 8.17. The van der Waals surface area contributed by atoms with Crippen molar-refractivity contribution in [3.05, 3.63) is 59.1 Å². The molecule has 0 unspecified atom stereocenters. The van der Waals surface area contributed by atoms with Crippen molar-refractivity contribution < 1.29 is 4.74 Å². The number of H-pyrrole nitrogens is 2. The van der Waals surface area contributed by atoms with Crippen LogP contribution in [0.3, 0.4) is 0 Å². The van der Waals surface area contributed by atoms with Gasteiger partial charge in [0.05, 0.1) is 23.2 Å². The molecule has 25 heavy (non-hydrogen) atoms. The molecule has 2 aromatic heterocycles. The lowest BCUT2D eigenvalue weighted by Gasteiger charge is -2.06. The summed E-state index contributed by atoms with van der Waals surface area (Å²) in [6.45, 7) is 0.605. The first-order valence-electron chi connectivity index (χ1n) is 7.80. The number of ether oxygens (including phenoxy) is 1. The minimum atomic E-state index is 0.590. The van der Waals surface area contributed by atoms with E-state index < -0.39 is 0 Å². The molecule has 3 N–H and O–H groups in total. The summed E-state index contributed by atoms with van der Waals surface area (Å²) in [6, 6.07) is 15.5. The zero-order chi connectivity index (χ0) is 17.2. The number of hydrogen-bond donors (Lipinski definition) is 3. The van der Waals surface area contributed by atoms with Gasteiger partial charge in [-0.1, -0.05) is 29.8 Å². The van der Waals surface area contributed by atoms with Crippen LogP contribution in [0.15, 0.2) is 48.5 Å². The largest absolute Gasteiger partial charge is 0.495 e. The van der Waals surface area contributed by atoms with Crippen LogP contribution in [0.1, 0.15) is 5.56 Å². The standard InChI is InChI=1S/C18H16ClN5O/c1-25-16-7-6-11(8-12(16)19)10-20-17-9-15(23-24-17)18-21-13-4-2-3-5-14(13)22-18/h2-9H,10H2,1H3,(H,21,22)(H2,20,23,24). The summed E-state index contributed by atoms with van der Waals surface area (Å²) < 4.78 is 5.16. The number of aromatic nitrogens is 4. The summed E-state index contributed by atoms with van der Waals surface area (Å²) >= 11 is 6.15. The summed E-state index contributed by atoms with van der Waals surface area (Å²) in [5.74, 6) is 2.16. The Morgan fingerprint density at radius 3 is 2.84 bits per heavy atom. The maximum atomic E-state index is 6.15. The van der Waals surface area contributed by atoms with Gasteiger partial charge >= 0.3 is 0 Å². The van der Waals surface area contributed by atoms with Crippen LogP contribution in [0.4, 0.5) is 5.82 Å². The summed E-state index contributed by atoms with van der Waals surface area (Å²) in [6.07, 6.45) is 0. The summed E-state index contributed by atoms with van der Waals surface area (Å²) in [7, 11) is 1.60. The molecule has 7 heteroatoms. The molecule has 0 atom stereocenters. The van der Waals surface area contributed by atoms with Crippen molar-refractivity contribution in [1.29, 1.82) is 0 Å². The second-order valence-corrected chi connectivity index (χ2v) is 6.00. The van der Waals surface area contributed by atoms with Crippen LogP contribution in [0.2, 0.25) is 5.02 Å². The van der Waals surface area contributed by atoms with E-state index in [2.05, 4.69) is 25.5 Å². The topological polar surface area (TPSA) is 78.6 Å². The summed E-state index contributed by atoms with van der Waals surface area (Å²) in [5.41, 5.74) is 3.79. The molecule has 6 nitrogen and oxygen atoms in total. The monoisotopic (exact) mass is 353 g/mol. The van der Waals surface area contributed by atoms with E-state index in [1.165, 1.54) is 0 Å². The fourth-order valence-electron chi connectivity index (χ4n) is 2.63. The van der Waals surface area contributed by atoms with Gasteiger partial charge in [0.1, 0.15) is 17.3 Å². The van der Waals surface area contributed by atoms with Crippen LogP contribution in [-0.2, 0) is 6.54 Å². The maximum Gasteiger partial charge on any atom is 0.156 e. The highest BCUT2D eigenvalue weighted by molar-refractivity contribution is 6.32. The lowest BCUT2D eigenvalue weighted by Crippen LogP contribution is -1.99. The molecule has 0 fully saturated rings. The van der Waals surface area contributed by atoms with E-state index in [4.69, 9.17) is 16.3 Å². The molecule has 0 radical (unpaired) electrons. The zero-order valence-corrected chi connectivity index (χ0v) is 14.3. The van der Waals surface area contributed by atoms with E-state index in [9.17, 15) is 0 Å². The Balaban J connectivity index is 1.48. The highest BCUT2D eigenvalue weighted by Gasteiger charge is 2.09. The molecule has 4 rings (SSSR count). The van der Waals surface area contributed by atoms with Gasteiger partial charge in [-0.25, -0.2) is 4.98 Å². The maximum absolute atomic E-state index is 6.15. The number of nitrogens with one attached hydrogen (secondary N) is 3. The molecule has 0 spiro atoms. The molecule has 0 aliphatic heterocycles. The molecule has 0 aliphatic carbocycles. The van der Waals surface area contributed by atoms with Crippen molar-refractivity contribution in [3.8, 4) is 17.3 Å². The molecular formula is C18H16ClN5O. The number of nitrogens with zero attached hydrogens (tertiary/aromatic N) is 2. The lowest BCUT2D eigenvalue weighted by molar-refractivity contribution is 0.415. The summed E-state index contributed by atoms with van der Waals surface area (Å²) in [4.78, 5) is 7.84. The molecular weight excluding hydrogens is 338 g/mol. The highest BCUT2D eigenvalue weighted by Crippen LogP contribution is 2.25. The molecule has 0 saturated carbocycles. The van der Waals surface area contributed by atoms with Gasteiger partial charge in [0.2, 0.25) is 0 Å². The first-order chi connectivity index (χ1) is 12.2. The SMILES string of the molecule is COc1ccc(CNc2cc(-c3nc4ccccc4[nH]3)[nH]n2)cc1Cl. The third-order valence-corrected chi connectivity index (χ3v) is 4.21. The van der Waals surface area contributed by atoms with Crippen LogP contribution >= 0.6 is 11.6 Å². The van der Waals surface area contributed by atoms with Gasteiger partial charge in [0.15, 0.2) is 5.82 Å². The van der Waals surface area contributed by atoms with E-state index in [0.29, 0.717) is 17.3 Å². The minimum Gasteiger partial charge on any atom is -0.495 e. The number of aromatic amines is 2. The van der Waals surface area contributed by atoms with Gasteiger partial charge in [-0.2, -0.15) is 5.10 Å². The van der Waals surface area contributed by atoms with Gasteiger partial charge in [0.25, 0.3) is 0 Å². The number of hydrogen-bond acceptors (Lipinski definition) is 4. The fourth-order valence-corrected chi connectivity index (χ4v) is 2.91. The Hall–Kier alpha value is -2.99. The average Bonchev–Trinajstić information content (AvgIpc) is 3.26. The van der Waals surface area contributed by atoms with Gasteiger partial charge in [-0.3, -0.25) is 5.10 Å². The molecule has 2 heterocycles. The number of benzene rings is 2. The third-order valence-electron chi connectivity index (χ3n) is 3.91. The number of fused-ring (bicyclic) bond motifs is 1. The predicted octanol–water partition coefficient (Wildman–Crippen LogP) is 4.23. The van der Waals surface area contributed by atoms with Crippen molar-refractivity contribution in [2.24, 2.45) is 0 Å². The van der Waals surface area contributed by atoms with E-state index in [0.717, 1.165) is 33.9 Å². The van der Waals surface area contributed by atoms with Crippen LogP contribution < -0.4 is 10.1 Å². The second-order valence-electron chi connectivity index (χ2n) is 5.59. The Bertz CT molecular complexity index is 990. The average molecular weight is 354 g/mol. The first kappa shape index (κ1) is 15.5. The Morgan fingerprint density at radius 2 is 2.04 bits per heavy atom. The molecule has 0 bridgehead atoms. The molecule has 0 amide bonds. The van der Waals surface area contributed by atoms with Gasteiger partial charge in [-0.15, -0.1) is 0 Å². The quantitative estimate of drug-likeness (QED) is 0.501. The Kier molecular flexibility index (Phi) is 4.03. The van der Waals surface area contributed by atoms with Crippen LogP contribution in [0, 0.1) is 0 Å². The Labute approximate surface area is 149 Å². The van der Waals surface area contributed by atoms with Crippen molar-refractivity contribution in [2.45, 2.75) is 6.54 Å². The van der Waals surface area contributed by atoms with Gasteiger partial charge < -0.3 is 15.0 Å². The molecule has 0 saturated heterocycles. The molecule has 2 aromatic carbocycles. The number of rotatable bonds is 5. The van der Waals surface area contributed by atoms with E-state index >= 15 is 0 Å². The molecule has 126 valence electrons. The van der Waals surface area contributed by atoms with Crippen LogP contribution in [-0.4, -0.2) is 27.3 Å². The van der Waals surface area contributed by atoms with Crippen LogP contribution in [0.25, 0.3) is 22.6 Å². The Morgan fingerprint density at radius 1 is 1.16 bits per heavy atom. The number of anilines is 1. The molecule has 4 aromatic rings. The normalized spacial score (nSPS) is 11.0. The van der Waals surface area contributed by atoms with Crippen molar-refractivity contribution >= 4 is 28.5 Å². The third kappa shape index (κ3) is 3.16.